The van der Waals surface area contributed by atoms with Gasteiger partial charge in [0.15, 0.2) is 5.60 Å². The highest BCUT2D eigenvalue weighted by Gasteiger charge is 2.50. The van der Waals surface area contributed by atoms with E-state index in [1.54, 1.807) is 24.3 Å². The van der Waals surface area contributed by atoms with Crippen LogP contribution in [0.1, 0.15) is 75.3 Å². The van der Waals surface area contributed by atoms with Crippen molar-refractivity contribution >= 4 is 44.7 Å². The quantitative estimate of drug-likeness (QED) is 0.155. The minimum Gasteiger partial charge on any atom is -0.457 e. The van der Waals surface area contributed by atoms with E-state index in [-0.39, 0.29) is 18.1 Å². The van der Waals surface area contributed by atoms with Gasteiger partial charge < -0.3 is 19.1 Å². The molecule has 1 atom stereocenters. The van der Waals surface area contributed by atoms with Crippen molar-refractivity contribution in [3.8, 4) is 23.0 Å². The molecule has 0 aromatic heterocycles. The maximum Gasteiger partial charge on any atom is 0.264 e. The zero-order valence-corrected chi connectivity index (χ0v) is 33.0. The molecule has 1 unspecified atom stereocenters. The van der Waals surface area contributed by atoms with Gasteiger partial charge in [-0.05, 0) is 148 Å². The van der Waals surface area contributed by atoms with Crippen LogP contribution in [0.15, 0.2) is 120 Å². The Balaban J connectivity index is 0.000000172. The molecule has 4 aromatic rings. The van der Waals surface area contributed by atoms with Crippen molar-refractivity contribution < 1.29 is 31.7 Å². The number of benzene rings is 4. The van der Waals surface area contributed by atoms with E-state index in [9.17, 15) is 8.42 Å². The summed E-state index contributed by atoms with van der Waals surface area (Å²) in [5.41, 5.74) is 3.71. The summed E-state index contributed by atoms with van der Waals surface area (Å²) in [5.74, 6) is 2.65. The molecule has 2 fully saturated rings. The molecule has 55 heavy (non-hydrogen) atoms. The summed E-state index contributed by atoms with van der Waals surface area (Å²) in [7, 11) is -3.56. The standard InChI is InChI=1S/C22H24ClNO5S.C21H20ClNO2/c1-30(25,26)27-15-20-21(24-29-22(20)13-3-2-4-14-22)16-5-9-18(10-6-16)28-19-11-7-17(23)8-12-19;1-15-20(23-25-21(15)13-3-2-4-14-21)16-5-9-18(10-6-16)24-19-11-7-17(22)8-12-19/h5-12,20H,2-4,13-15H2,1H3;5-12H,1-4,13-14H2. The molecule has 2 heterocycles. The highest BCUT2D eigenvalue weighted by Crippen LogP contribution is 2.45. The molecule has 0 radical (unpaired) electrons. The van der Waals surface area contributed by atoms with Gasteiger partial charge in [0.2, 0.25) is 0 Å². The van der Waals surface area contributed by atoms with Gasteiger partial charge in [-0.2, -0.15) is 8.42 Å². The van der Waals surface area contributed by atoms with Gasteiger partial charge in [0.25, 0.3) is 10.1 Å². The Labute approximate surface area is 333 Å². The van der Waals surface area contributed by atoms with E-state index in [0.717, 1.165) is 90.8 Å². The lowest BCUT2D eigenvalue weighted by Gasteiger charge is -2.36. The Bertz CT molecular complexity index is 2130. The molecule has 288 valence electrons. The number of ether oxygens (including phenoxy) is 2. The number of hydrogen-bond acceptors (Lipinski definition) is 9. The van der Waals surface area contributed by atoms with E-state index in [1.807, 2.05) is 72.8 Å². The zero-order chi connectivity index (χ0) is 38.5. The second-order valence-electron chi connectivity index (χ2n) is 14.5. The maximum atomic E-state index is 11.6. The van der Waals surface area contributed by atoms with Gasteiger partial charge in [0.05, 0.1) is 24.5 Å². The van der Waals surface area contributed by atoms with E-state index >= 15 is 0 Å². The number of halogens is 2. The number of oxime groups is 2. The van der Waals surface area contributed by atoms with Crippen LogP contribution in [0.25, 0.3) is 0 Å². The second kappa shape index (κ2) is 16.8. The van der Waals surface area contributed by atoms with Crippen molar-refractivity contribution in [2.24, 2.45) is 16.2 Å². The van der Waals surface area contributed by atoms with Crippen molar-refractivity contribution in [1.82, 2.24) is 0 Å². The summed E-state index contributed by atoms with van der Waals surface area (Å²) in [5, 5.41) is 10.1. The van der Waals surface area contributed by atoms with Crippen LogP contribution in [0, 0.1) is 5.92 Å². The smallest absolute Gasteiger partial charge is 0.264 e. The Hall–Kier alpha value is -4.35. The summed E-state index contributed by atoms with van der Waals surface area (Å²) >= 11 is 11.8. The highest BCUT2D eigenvalue weighted by molar-refractivity contribution is 7.86. The molecule has 0 saturated heterocycles. The van der Waals surface area contributed by atoms with Crippen molar-refractivity contribution in [1.29, 1.82) is 0 Å². The first-order valence-electron chi connectivity index (χ1n) is 18.7. The first-order valence-corrected chi connectivity index (χ1v) is 21.2. The molecule has 2 aliphatic carbocycles. The largest absolute Gasteiger partial charge is 0.457 e. The van der Waals surface area contributed by atoms with Gasteiger partial charge in [0, 0.05) is 26.7 Å². The van der Waals surface area contributed by atoms with Crippen LogP contribution in [0.4, 0.5) is 0 Å². The fraction of sp³-hybridized carbons (Fsp3) is 0.349. The third kappa shape index (κ3) is 9.38. The molecule has 4 aromatic carbocycles. The Kier molecular flexibility index (Phi) is 11.9. The molecule has 2 saturated carbocycles. The molecule has 4 aliphatic rings. The third-order valence-corrected chi connectivity index (χ3v) is 11.7. The van der Waals surface area contributed by atoms with E-state index in [0.29, 0.717) is 21.5 Å². The molecular weight excluding hydrogens is 759 g/mol. The van der Waals surface area contributed by atoms with Crippen LogP contribution in [-0.2, 0) is 24.0 Å². The van der Waals surface area contributed by atoms with Crippen LogP contribution in [0.2, 0.25) is 10.0 Å². The average Bonchev–Trinajstić information content (AvgIpc) is 3.69. The van der Waals surface area contributed by atoms with Gasteiger partial charge in [0.1, 0.15) is 34.3 Å². The van der Waals surface area contributed by atoms with E-state index in [4.69, 9.17) is 46.5 Å². The van der Waals surface area contributed by atoms with Gasteiger partial charge in [-0.25, -0.2) is 0 Å². The molecule has 0 amide bonds. The Morgan fingerprint density at radius 3 is 1.60 bits per heavy atom. The van der Waals surface area contributed by atoms with Gasteiger partial charge >= 0.3 is 0 Å². The molecule has 2 aliphatic heterocycles. The number of rotatable bonds is 9. The molecule has 0 bridgehead atoms. The maximum absolute atomic E-state index is 11.6. The Morgan fingerprint density at radius 2 is 1.11 bits per heavy atom. The van der Waals surface area contributed by atoms with Crippen LogP contribution in [-0.4, -0.2) is 43.9 Å². The molecular formula is C43H44Cl2N2O7S. The summed E-state index contributed by atoms with van der Waals surface area (Å²) in [6.45, 7) is 4.32. The fourth-order valence-corrected chi connectivity index (χ4v) is 8.27. The zero-order valence-electron chi connectivity index (χ0n) is 30.7. The van der Waals surface area contributed by atoms with E-state index in [2.05, 4.69) is 16.9 Å². The predicted molar refractivity (Wildman–Crippen MR) is 216 cm³/mol. The third-order valence-electron chi connectivity index (χ3n) is 10.6. The molecule has 12 heteroatoms. The summed E-state index contributed by atoms with van der Waals surface area (Å²) in [6, 6.07) is 29.8. The summed E-state index contributed by atoms with van der Waals surface area (Å²) in [4.78, 5) is 11.8. The van der Waals surface area contributed by atoms with E-state index < -0.39 is 15.7 Å². The topological polar surface area (TPSA) is 105 Å². The van der Waals surface area contributed by atoms with Crippen molar-refractivity contribution in [3.05, 3.63) is 130 Å². The average molecular weight is 804 g/mol. The molecule has 8 rings (SSSR count). The normalized spacial score (nSPS) is 19.8. The number of hydrogen-bond donors (Lipinski definition) is 0. The monoisotopic (exact) mass is 802 g/mol. The van der Waals surface area contributed by atoms with Gasteiger partial charge in [-0.1, -0.05) is 52.9 Å². The first kappa shape index (κ1) is 38.9. The van der Waals surface area contributed by atoms with Crippen molar-refractivity contribution in [3.63, 3.8) is 0 Å². The lowest BCUT2D eigenvalue weighted by molar-refractivity contribution is -0.0770. The Morgan fingerprint density at radius 1 is 0.655 bits per heavy atom. The summed E-state index contributed by atoms with van der Waals surface area (Å²) < 4.78 is 40.1. The predicted octanol–water partition coefficient (Wildman–Crippen LogP) is 11.3. The van der Waals surface area contributed by atoms with Crippen LogP contribution >= 0.6 is 23.2 Å². The van der Waals surface area contributed by atoms with Crippen LogP contribution in [0.5, 0.6) is 23.0 Å². The van der Waals surface area contributed by atoms with Crippen LogP contribution < -0.4 is 9.47 Å². The van der Waals surface area contributed by atoms with E-state index in [1.165, 1.54) is 19.3 Å². The minimum absolute atomic E-state index is 0.0285. The van der Waals surface area contributed by atoms with Crippen LogP contribution in [0.3, 0.4) is 0 Å². The summed E-state index contributed by atoms with van der Waals surface area (Å²) in [6.07, 6.45) is 11.6. The SMILES string of the molecule is C=C1C(c2ccc(Oc3ccc(Cl)cc3)cc2)=NOC12CCCCC2.CS(=O)(=O)OCC1C(c2ccc(Oc3ccc(Cl)cc3)cc2)=NOC12CCCCC2. The molecule has 2 spiro atoms. The highest BCUT2D eigenvalue weighted by atomic mass is 35.5. The molecule has 0 N–H and O–H groups in total. The fourth-order valence-electron chi connectivity index (χ4n) is 7.64. The van der Waals surface area contributed by atoms with Gasteiger partial charge in [-0.15, -0.1) is 0 Å². The second-order valence-corrected chi connectivity index (χ2v) is 17.0. The van der Waals surface area contributed by atoms with Crippen molar-refractivity contribution in [2.75, 3.05) is 12.9 Å². The lowest BCUT2D eigenvalue weighted by atomic mass is 9.73. The molecule has 9 nitrogen and oxygen atoms in total. The number of nitrogens with zero attached hydrogens (tertiary/aromatic N) is 2. The lowest BCUT2D eigenvalue weighted by Crippen LogP contribution is -2.43. The van der Waals surface area contributed by atoms with Gasteiger partial charge in [-0.3, -0.25) is 4.18 Å². The minimum atomic E-state index is -3.56. The van der Waals surface area contributed by atoms with Crippen molar-refractivity contribution in [2.45, 2.75) is 75.4 Å². The first-order chi connectivity index (χ1) is 26.5.